The molecule has 6 nitrogen and oxygen atoms in total. The molecule has 0 bridgehead atoms. The van der Waals surface area contributed by atoms with E-state index in [0.717, 1.165) is 11.8 Å². The molecule has 7 heteroatoms. The lowest BCUT2D eigenvalue weighted by Gasteiger charge is -2.19. The number of nitro benzene ring substituents is 1. The number of nitrogens with zero attached hydrogens (tertiary/aromatic N) is 1. The standard InChI is InChI=1S/C13H15NO5S/c1-13(2,3)19-12(16)8-20-11-5-4-10(14(17)18)6-9(11)7-15/h4-7H,8H2,1-3H3. The van der Waals surface area contributed by atoms with Gasteiger partial charge in [0, 0.05) is 22.6 Å². The molecule has 1 rings (SSSR count). The van der Waals surface area contributed by atoms with Gasteiger partial charge in [0.05, 0.1) is 10.7 Å². The lowest BCUT2D eigenvalue weighted by molar-refractivity contribution is -0.384. The zero-order valence-corrected chi connectivity index (χ0v) is 12.2. The van der Waals surface area contributed by atoms with Gasteiger partial charge in [-0.15, -0.1) is 11.8 Å². The molecule has 0 spiro atoms. The number of carbonyl (C=O) groups excluding carboxylic acids is 2. The molecule has 0 N–H and O–H groups in total. The number of carbonyl (C=O) groups is 2. The molecule has 0 saturated carbocycles. The number of thioether (sulfide) groups is 1. The Kier molecular flexibility index (Phi) is 5.26. The van der Waals surface area contributed by atoms with Gasteiger partial charge in [-0.2, -0.15) is 0 Å². The molecule has 0 radical (unpaired) electrons. The van der Waals surface area contributed by atoms with Gasteiger partial charge < -0.3 is 4.74 Å². The van der Waals surface area contributed by atoms with E-state index in [4.69, 9.17) is 4.74 Å². The lowest BCUT2D eigenvalue weighted by Crippen LogP contribution is -2.24. The van der Waals surface area contributed by atoms with Crippen molar-refractivity contribution in [3.8, 4) is 0 Å². The Bertz CT molecular complexity index is 536. The highest BCUT2D eigenvalue weighted by atomic mass is 32.2. The van der Waals surface area contributed by atoms with E-state index in [-0.39, 0.29) is 17.0 Å². The molecule has 0 saturated heterocycles. The summed E-state index contributed by atoms with van der Waals surface area (Å²) in [4.78, 5) is 33.0. The molecule has 0 amide bonds. The first kappa shape index (κ1) is 16.2. The van der Waals surface area contributed by atoms with Crippen molar-refractivity contribution in [1.29, 1.82) is 0 Å². The highest BCUT2D eigenvalue weighted by molar-refractivity contribution is 8.00. The molecule has 0 heterocycles. The first-order chi connectivity index (χ1) is 9.23. The minimum Gasteiger partial charge on any atom is -0.459 e. The number of aldehydes is 1. The second kappa shape index (κ2) is 6.51. The van der Waals surface area contributed by atoms with Crippen LogP contribution in [0.25, 0.3) is 0 Å². The maximum absolute atomic E-state index is 11.6. The smallest absolute Gasteiger partial charge is 0.316 e. The second-order valence-corrected chi connectivity index (χ2v) is 5.99. The predicted octanol–water partition coefficient (Wildman–Crippen LogP) is 2.84. The third-order valence-electron chi connectivity index (χ3n) is 2.10. The van der Waals surface area contributed by atoms with Crippen molar-refractivity contribution >= 4 is 29.7 Å². The van der Waals surface area contributed by atoms with E-state index >= 15 is 0 Å². The minimum absolute atomic E-state index is 0.0376. The fraction of sp³-hybridized carbons (Fsp3) is 0.385. The highest BCUT2D eigenvalue weighted by Crippen LogP contribution is 2.26. The Morgan fingerprint density at radius 3 is 2.60 bits per heavy atom. The van der Waals surface area contributed by atoms with Crippen molar-refractivity contribution < 1.29 is 19.2 Å². The number of rotatable bonds is 5. The highest BCUT2D eigenvalue weighted by Gasteiger charge is 2.17. The topological polar surface area (TPSA) is 86.5 Å². The van der Waals surface area contributed by atoms with Gasteiger partial charge in [-0.1, -0.05) is 0 Å². The van der Waals surface area contributed by atoms with E-state index in [1.165, 1.54) is 18.2 Å². The summed E-state index contributed by atoms with van der Waals surface area (Å²) >= 11 is 1.11. The van der Waals surface area contributed by atoms with Crippen molar-refractivity contribution in [3.05, 3.63) is 33.9 Å². The van der Waals surface area contributed by atoms with Gasteiger partial charge in [-0.3, -0.25) is 19.7 Å². The van der Waals surface area contributed by atoms with E-state index in [1.807, 2.05) is 0 Å². The van der Waals surface area contributed by atoms with Crippen LogP contribution in [0, 0.1) is 10.1 Å². The van der Waals surface area contributed by atoms with Crippen LogP contribution in [-0.4, -0.2) is 28.5 Å². The summed E-state index contributed by atoms with van der Waals surface area (Å²) in [5.41, 5.74) is -0.540. The number of non-ortho nitro benzene ring substituents is 1. The van der Waals surface area contributed by atoms with E-state index in [1.54, 1.807) is 20.8 Å². The van der Waals surface area contributed by atoms with Crippen molar-refractivity contribution in [2.75, 3.05) is 5.75 Å². The fourth-order valence-electron chi connectivity index (χ4n) is 1.38. The third kappa shape index (κ3) is 5.00. The number of nitro groups is 1. The van der Waals surface area contributed by atoms with E-state index in [2.05, 4.69) is 0 Å². The number of esters is 1. The summed E-state index contributed by atoms with van der Waals surface area (Å²) in [7, 11) is 0. The van der Waals surface area contributed by atoms with E-state index < -0.39 is 16.5 Å². The molecule has 0 aliphatic heterocycles. The van der Waals surface area contributed by atoms with E-state index in [0.29, 0.717) is 11.2 Å². The zero-order chi connectivity index (χ0) is 15.3. The van der Waals surface area contributed by atoms with Crippen molar-refractivity contribution in [2.24, 2.45) is 0 Å². The average molecular weight is 297 g/mol. The predicted molar refractivity (Wildman–Crippen MR) is 75.1 cm³/mol. The van der Waals surface area contributed by atoms with Crippen LogP contribution >= 0.6 is 11.8 Å². The van der Waals surface area contributed by atoms with Crippen LogP contribution in [0.2, 0.25) is 0 Å². The first-order valence-electron chi connectivity index (χ1n) is 5.81. The molecular formula is C13H15NO5S. The summed E-state index contributed by atoms with van der Waals surface area (Å²) in [6, 6.07) is 3.94. The van der Waals surface area contributed by atoms with Crippen LogP contribution in [0.15, 0.2) is 23.1 Å². The number of hydrogen-bond donors (Lipinski definition) is 0. The van der Waals surface area contributed by atoms with E-state index in [9.17, 15) is 19.7 Å². The molecular weight excluding hydrogens is 282 g/mol. The fourth-order valence-corrected chi connectivity index (χ4v) is 2.15. The summed E-state index contributed by atoms with van der Waals surface area (Å²) < 4.78 is 5.14. The van der Waals surface area contributed by atoms with Gasteiger partial charge in [0.15, 0.2) is 6.29 Å². The molecule has 108 valence electrons. The van der Waals surface area contributed by atoms with Gasteiger partial charge >= 0.3 is 5.97 Å². The number of ether oxygens (including phenoxy) is 1. The summed E-state index contributed by atoms with van der Waals surface area (Å²) in [6.45, 7) is 5.29. The first-order valence-corrected chi connectivity index (χ1v) is 6.80. The summed E-state index contributed by atoms with van der Waals surface area (Å²) in [5.74, 6) is -0.367. The van der Waals surface area contributed by atoms with Gasteiger partial charge in [-0.25, -0.2) is 0 Å². The Morgan fingerprint density at radius 2 is 2.10 bits per heavy atom. The molecule has 1 aromatic carbocycles. The number of hydrogen-bond acceptors (Lipinski definition) is 6. The molecule has 0 unspecified atom stereocenters. The zero-order valence-electron chi connectivity index (χ0n) is 11.4. The average Bonchev–Trinajstić information content (AvgIpc) is 2.33. The third-order valence-corrected chi connectivity index (χ3v) is 3.16. The van der Waals surface area contributed by atoms with Crippen molar-refractivity contribution in [2.45, 2.75) is 31.3 Å². The Labute approximate surface area is 120 Å². The Hall–Kier alpha value is -1.89. The molecule has 0 aromatic heterocycles. The van der Waals surface area contributed by atoms with Gasteiger partial charge in [0.2, 0.25) is 0 Å². The van der Waals surface area contributed by atoms with Crippen LogP contribution < -0.4 is 0 Å². The van der Waals surface area contributed by atoms with Gasteiger partial charge in [-0.05, 0) is 26.8 Å². The largest absolute Gasteiger partial charge is 0.459 e. The van der Waals surface area contributed by atoms with Gasteiger partial charge in [0.1, 0.15) is 5.60 Å². The summed E-state index contributed by atoms with van der Waals surface area (Å²) in [6.07, 6.45) is 0.532. The quantitative estimate of drug-likeness (QED) is 0.273. The maximum atomic E-state index is 11.6. The van der Waals surface area contributed by atoms with Crippen LogP contribution in [-0.2, 0) is 9.53 Å². The summed E-state index contributed by atoms with van der Waals surface area (Å²) in [5, 5.41) is 10.6. The Morgan fingerprint density at radius 1 is 1.45 bits per heavy atom. The minimum atomic E-state index is -0.574. The lowest BCUT2D eigenvalue weighted by atomic mass is 10.2. The molecule has 0 fully saturated rings. The monoisotopic (exact) mass is 297 g/mol. The van der Waals surface area contributed by atoms with Gasteiger partial charge in [0.25, 0.3) is 5.69 Å². The Balaban J connectivity index is 2.76. The molecule has 1 aromatic rings. The van der Waals surface area contributed by atoms with Crippen LogP contribution in [0.3, 0.4) is 0 Å². The molecule has 0 aliphatic carbocycles. The maximum Gasteiger partial charge on any atom is 0.316 e. The second-order valence-electron chi connectivity index (χ2n) is 4.97. The van der Waals surface area contributed by atoms with Crippen molar-refractivity contribution in [3.63, 3.8) is 0 Å². The van der Waals surface area contributed by atoms with Crippen LogP contribution in [0.1, 0.15) is 31.1 Å². The number of benzene rings is 1. The normalized spacial score (nSPS) is 10.9. The SMILES string of the molecule is CC(C)(C)OC(=O)CSc1ccc([N+](=O)[O-])cc1C=O. The molecule has 0 atom stereocenters. The molecule has 0 aliphatic rings. The van der Waals surface area contributed by atoms with Crippen molar-refractivity contribution in [1.82, 2.24) is 0 Å². The molecule has 20 heavy (non-hydrogen) atoms. The van der Waals surface area contributed by atoms with Crippen LogP contribution in [0.4, 0.5) is 5.69 Å². The van der Waals surface area contributed by atoms with Crippen LogP contribution in [0.5, 0.6) is 0 Å².